The van der Waals surface area contributed by atoms with Gasteiger partial charge in [-0.25, -0.2) is 4.79 Å². The maximum absolute atomic E-state index is 13.0. The molecule has 2 N–H and O–H groups in total. The second-order valence-corrected chi connectivity index (χ2v) is 4.67. The largest absolute Gasteiger partial charge is 0.413 e. The summed E-state index contributed by atoms with van der Waals surface area (Å²) in [6, 6.07) is -3.20. The van der Waals surface area contributed by atoms with E-state index in [1.165, 1.54) is 17.9 Å². The van der Waals surface area contributed by atoms with Gasteiger partial charge < -0.3 is 10.6 Å². The minimum Gasteiger partial charge on any atom is -0.335 e. The van der Waals surface area contributed by atoms with Gasteiger partial charge in [-0.2, -0.15) is 18.3 Å². The van der Waals surface area contributed by atoms with Crippen molar-refractivity contribution in [2.24, 2.45) is 7.05 Å². The maximum Gasteiger partial charge on any atom is 0.413 e. The Labute approximate surface area is 121 Å². The quantitative estimate of drug-likeness (QED) is 0.794. The lowest BCUT2D eigenvalue weighted by atomic mass is 10.1. The number of aromatic nitrogens is 2. The monoisotopic (exact) mass is 304 g/mol. The highest BCUT2D eigenvalue weighted by Gasteiger charge is 2.42. The summed E-state index contributed by atoms with van der Waals surface area (Å²) in [6.45, 7) is 5.37. The highest BCUT2D eigenvalue weighted by atomic mass is 19.4. The van der Waals surface area contributed by atoms with Crippen molar-refractivity contribution in [2.45, 2.75) is 38.0 Å². The predicted molar refractivity (Wildman–Crippen MR) is 72.6 cm³/mol. The van der Waals surface area contributed by atoms with Crippen LogP contribution in [0.2, 0.25) is 0 Å². The van der Waals surface area contributed by atoms with Gasteiger partial charge in [0.2, 0.25) is 0 Å². The van der Waals surface area contributed by atoms with Crippen LogP contribution in [-0.4, -0.2) is 28.0 Å². The summed E-state index contributed by atoms with van der Waals surface area (Å²) in [5, 5.41) is 8.14. The third-order valence-electron chi connectivity index (χ3n) is 2.94. The molecule has 5 nitrogen and oxygen atoms in total. The highest BCUT2D eigenvalue weighted by molar-refractivity contribution is 5.74. The number of carbonyl (C=O) groups is 1. The van der Waals surface area contributed by atoms with Crippen LogP contribution in [0.4, 0.5) is 18.0 Å². The number of urea groups is 1. The van der Waals surface area contributed by atoms with Gasteiger partial charge in [-0.15, -0.1) is 6.58 Å². The molecule has 1 rings (SSSR count). The fourth-order valence-corrected chi connectivity index (χ4v) is 1.83. The molecule has 0 aliphatic heterocycles. The number of hydrogen-bond acceptors (Lipinski definition) is 2. The predicted octanol–water partition coefficient (Wildman–Crippen LogP) is 2.68. The van der Waals surface area contributed by atoms with Crippen molar-refractivity contribution in [1.82, 2.24) is 20.4 Å². The first-order valence-electron chi connectivity index (χ1n) is 6.51. The fraction of sp³-hybridized carbons (Fsp3) is 0.538. The number of aryl methyl sites for hydroxylation is 1. The average molecular weight is 304 g/mol. The van der Waals surface area contributed by atoms with Gasteiger partial charge in [-0.05, 0) is 12.8 Å². The molecule has 0 radical (unpaired) electrons. The van der Waals surface area contributed by atoms with Crippen LogP contribution in [0.25, 0.3) is 0 Å². The fourth-order valence-electron chi connectivity index (χ4n) is 1.83. The molecule has 0 saturated carbocycles. The van der Waals surface area contributed by atoms with Gasteiger partial charge in [0.1, 0.15) is 0 Å². The van der Waals surface area contributed by atoms with E-state index in [1.807, 2.05) is 12.2 Å². The van der Waals surface area contributed by atoms with E-state index in [0.717, 1.165) is 6.20 Å². The zero-order chi connectivity index (χ0) is 16.0. The molecular formula is C13H19F3N4O. The summed E-state index contributed by atoms with van der Waals surface area (Å²) in [4.78, 5) is 11.7. The molecule has 0 saturated heterocycles. The van der Waals surface area contributed by atoms with Crippen molar-refractivity contribution in [3.63, 3.8) is 0 Å². The van der Waals surface area contributed by atoms with Gasteiger partial charge in [0.05, 0.1) is 6.20 Å². The molecule has 2 atom stereocenters. The van der Waals surface area contributed by atoms with Gasteiger partial charge in [0.25, 0.3) is 0 Å². The number of amides is 2. The van der Waals surface area contributed by atoms with E-state index in [4.69, 9.17) is 0 Å². The molecular weight excluding hydrogens is 285 g/mol. The zero-order valence-corrected chi connectivity index (χ0v) is 11.9. The Bertz CT molecular complexity index is 484. The molecule has 0 unspecified atom stereocenters. The zero-order valence-electron chi connectivity index (χ0n) is 11.9. The minimum absolute atomic E-state index is 0.114. The standard InChI is InChI=1S/C13H19F3N4O/c1-4-6-10(5-2)18-12(21)19-11(13(14,15)16)9-7-17-20(3)8-9/h4,7-8,10-11H,1,5-6H2,2-3H3,(H2,18,19,21)/t10-,11+/m0/s1. The molecule has 1 heterocycles. The van der Waals surface area contributed by atoms with E-state index in [1.54, 1.807) is 6.08 Å². The van der Waals surface area contributed by atoms with E-state index in [-0.39, 0.29) is 11.6 Å². The number of rotatable bonds is 6. The first-order valence-corrected chi connectivity index (χ1v) is 6.51. The molecule has 0 fully saturated rings. The lowest BCUT2D eigenvalue weighted by Crippen LogP contribution is -2.46. The molecule has 21 heavy (non-hydrogen) atoms. The molecule has 2 amide bonds. The smallest absolute Gasteiger partial charge is 0.335 e. The van der Waals surface area contributed by atoms with E-state index >= 15 is 0 Å². The molecule has 0 spiro atoms. The molecule has 0 aromatic carbocycles. The lowest BCUT2D eigenvalue weighted by molar-refractivity contribution is -0.155. The van der Waals surface area contributed by atoms with Gasteiger partial charge in [0, 0.05) is 24.8 Å². The second kappa shape index (κ2) is 7.14. The van der Waals surface area contributed by atoms with Crippen molar-refractivity contribution < 1.29 is 18.0 Å². The molecule has 118 valence electrons. The lowest BCUT2D eigenvalue weighted by Gasteiger charge is -2.22. The molecule has 1 aromatic rings. The summed E-state index contributed by atoms with van der Waals surface area (Å²) in [5.41, 5.74) is -0.114. The number of hydrogen-bond donors (Lipinski definition) is 2. The van der Waals surface area contributed by atoms with E-state index in [2.05, 4.69) is 17.0 Å². The van der Waals surface area contributed by atoms with Gasteiger partial charge in [-0.1, -0.05) is 13.0 Å². The van der Waals surface area contributed by atoms with E-state index < -0.39 is 18.2 Å². The number of nitrogens with zero attached hydrogens (tertiary/aromatic N) is 2. The molecule has 1 aromatic heterocycles. The molecule has 0 bridgehead atoms. The van der Waals surface area contributed by atoms with Crippen LogP contribution in [0.1, 0.15) is 31.4 Å². The Morgan fingerprint density at radius 1 is 1.52 bits per heavy atom. The van der Waals surface area contributed by atoms with Crippen molar-refractivity contribution in [3.05, 3.63) is 30.6 Å². The summed E-state index contributed by atoms with van der Waals surface area (Å²) >= 11 is 0. The van der Waals surface area contributed by atoms with Crippen LogP contribution >= 0.6 is 0 Å². The van der Waals surface area contributed by atoms with Crippen LogP contribution in [0.15, 0.2) is 25.0 Å². The van der Waals surface area contributed by atoms with Crippen LogP contribution in [0.3, 0.4) is 0 Å². The van der Waals surface area contributed by atoms with Crippen LogP contribution in [0, 0.1) is 0 Å². The van der Waals surface area contributed by atoms with Crippen molar-refractivity contribution in [2.75, 3.05) is 0 Å². The summed E-state index contributed by atoms with van der Waals surface area (Å²) in [6.07, 6.45) is 0.410. The first kappa shape index (κ1) is 17.1. The van der Waals surface area contributed by atoms with Crippen molar-refractivity contribution >= 4 is 6.03 Å². The summed E-state index contributed by atoms with van der Waals surface area (Å²) in [5.74, 6) is 0. The molecule has 0 aliphatic rings. The van der Waals surface area contributed by atoms with Crippen molar-refractivity contribution in [1.29, 1.82) is 0 Å². The van der Waals surface area contributed by atoms with Gasteiger partial charge >= 0.3 is 12.2 Å². The topological polar surface area (TPSA) is 59.0 Å². The Balaban J connectivity index is 2.78. The van der Waals surface area contributed by atoms with Gasteiger partial charge in [-0.3, -0.25) is 4.68 Å². The normalized spacial score (nSPS) is 14.3. The highest BCUT2D eigenvalue weighted by Crippen LogP contribution is 2.32. The van der Waals surface area contributed by atoms with E-state index in [9.17, 15) is 18.0 Å². The Hall–Kier alpha value is -1.99. The number of nitrogens with one attached hydrogen (secondary N) is 2. The summed E-state index contributed by atoms with van der Waals surface area (Å²) < 4.78 is 40.4. The first-order chi connectivity index (χ1) is 9.77. The van der Waals surface area contributed by atoms with E-state index in [0.29, 0.717) is 12.8 Å². The number of halogens is 3. The Morgan fingerprint density at radius 3 is 2.62 bits per heavy atom. The van der Waals surface area contributed by atoms with Gasteiger partial charge in [0.15, 0.2) is 6.04 Å². The third-order valence-corrected chi connectivity index (χ3v) is 2.94. The van der Waals surface area contributed by atoms with Crippen LogP contribution in [-0.2, 0) is 7.05 Å². The average Bonchev–Trinajstić information content (AvgIpc) is 2.80. The van der Waals surface area contributed by atoms with Crippen molar-refractivity contribution in [3.8, 4) is 0 Å². The third kappa shape index (κ3) is 5.13. The van der Waals surface area contributed by atoms with Crippen LogP contribution < -0.4 is 10.6 Å². The maximum atomic E-state index is 13.0. The molecule has 8 heteroatoms. The summed E-state index contributed by atoms with van der Waals surface area (Å²) in [7, 11) is 1.51. The SMILES string of the molecule is C=CC[C@H](CC)NC(=O)N[C@H](c1cnn(C)c1)C(F)(F)F. The minimum atomic E-state index is -4.60. The second-order valence-electron chi connectivity index (χ2n) is 4.67. The Kier molecular flexibility index (Phi) is 5.80. The molecule has 0 aliphatic carbocycles. The number of alkyl halides is 3. The Morgan fingerprint density at radius 2 is 2.19 bits per heavy atom. The van der Waals surface area contributed by atoms with Crippen LogP contribution in [0.5, 0.6) is 0 Å². The number of carbonyl (C=O) groups excluding carboxylic acids is 1.